The fraction of sp³-hybridized carbons (Fsp3) is 0.259. The van der Waals surface area contributed by atoms with Gasteiger partial charge < -0.3 is 23.7 Å². The lowest BCUT2D eigenvalue weighted by Crippen LogP contribution is -2.24. The SMILES string of the molecule is COc1ccc(OCCn2c([C@H]3CC(=O)N(c4cccc(OC)c4)C3)nc3ccccc32)cc1. The van der Waals surface area contributed by atoms with Crippen LogP contribution in [0.25, 0.3) is 11.0 Å². The normalized spacial score (nSPS) is 15.6. The fourth-order valence-corrected chi connectivity index (χ4v) is 4.48. The summed E-state index contributed by atoms with van der Waals surface area (Å²) in [5.41, 5.74) is 2.81. The lowest BCUT2D eigenvalue weighted by atomic mass is 10.1. The number of benzene rings is 3. The van der Waals surface area contributed by atoms with E-state index in [-0.39, 0.29) is 11.8 Å². The first-order chi connectivity index (χ1) is 16.7. The number of imidazole rings is 1. The Morgan fingerprint density at radius 2 is 1.68 bits per heavy atom. The van der Waals surface area contributed by atoms with Gasteiger partial charge >= 0.3 is 0 Å². The largest absolute Gasteiger partial charge is 0.497 e. The van der Waals surface area contributed by atoms with Crippen molar-refractivity contribution in [3.8, 4) is 17.2 Å². The molecule has 0 unspecified atom stereocenters. The minimum Gasteiger partial charge on any atom is -0.497 e. The number of amides is 1. The van der Waals surface area contributed by atoms with E-state index < -0.39 is 0 Å². The van der Waals surface area contributed by atoms with Gasteiger partial charge in [-0.2, -0.15) is 0 Å². The average molecular weight is 458 g/mol. The van der Waals surface area contributed by atoms with E-state index in [2.05, 4.69) is 10.6 Å². The monoisotopic (exact) mass is 457 g/mol. The van der Waals surface area contributed by atoms with E-state index in [1.165, 1.54) is 0 Å². The quantitative estimate of drug-likeness (QED) is 0.385. The molecule has 0 aliphatic carbocycles. The molecule has 4 aromatic rings. The van der Waals surface area contributed by atoms with Gasteiger partial charge in [-0.1, -0.05) is 18.2 Å². The highest BCUT2D eigenvalue weighted by molar-refractivity contribution is 5.96. The first kappa shape index (κ1) is 21.8. The van der Waals surface area contributed by atoms with Gasteiger partial charge in [-0.25, -0.2) is 4.98 Å². The van der Waals surface area contributed by atoms with Gasteiger partial charge in [0.25, 0.3) is 0 Å². The Labute approximate surface area is 198 Å². The molecule has 0 saturated carbocycles. The minimum absolute atomic E-state index is 0.00733. The Bertz CT molecular complexity index is 1300. The molecule has 3 aromatic carbocycles. The summed E-state index contributed by atoms with van der Waals surface area (Å²) in [6, 6.07) is 23.2. The van der Waals surface area contributed by atoms with Crippen molar-refractivity contribution in [1.82, 2.24) is 9.55 Å². The van der Waals surface area contributed by atoms with Crippen LogP contribution in [0.15, 0.2) is 72.8 Å². The summed E-state index contributed by atoms with van der Waals surface area (Å²) in [5.74, 6) is 3.31. The Hall–Kier alpha value is -4.00. The molecule has 7 nitrogen and oxygen atoms in total. The lowest BCUT2D eigenvalue weighted by Gasteiger charge is -2.18. The van der Waals surface area contributed by atoms with Crippen LogP contribution in [-0.4, -0.2) is 42.8 Å². The highest BCUT2D eigenvalue weighted by Crippen LogP contribution is 2.34. The van der Waals surface area contributed by atoms with Crippen molar-refractivity contribution in [3.05, 3.63) is 78.6 Å². The molecule has 0 radical (unpaired) electrons. The molecule has 1 atom stereocenters. The number of carbonyl (C=O) groups is 1. The van der Waals surface area contributed by atoms with Crippen molar-refractivity contribution in [2.75, 3.05) is 32.3 Å². The Balaban J connectivity index is 1.37. The molecule has 1 aliphatic rings. The second-order valence-electron chi connectivity index (χ2n) is 8.24. The van der Waals surface area contributed by atoms with E-state index in [0.717, 1.165) is 39.8 Å². The number of fused-ring (bicyclic) bond motifs is 1. The van der Waals surface area contributed by atoms with E-state index in [1.54, 1.807) is 14.2 Å². The van der Waals surface area contributed by atoms with E-state index in [0.29, 0.717) is 26.1 Å². The maximum Gasteiger partial charge on any atom is 0.227 e. The third-order valence-corrected chi connectivity index (χ3v) is 6.18. The van der Waals surface area contributed by atoms with Gasteiger partial charge in [0, 0.05) is 30.6 Å². The average Bonchev–Trinajstić information content (AvgIpc) is 3.45. The zero-order chi connectivity index (χ0) is 23.5. The fourth-order valence-electron chi connectivity index (χ4n) is 4.48. The van der Waals surface area contributed by atoms with Crippen LogP contribution in [0.1, 0.15) is 18.2 Å². The summed E-state index contributed by atoms with van der Waals surface area (Å²) in [5, 5.41) is 0. The summed E-state index contributed by atoms with van der Waals surface area (Å²) in [4.78, 5) is 19.7. The van der Waals surface area contributed by atoms with Crippen LogP contribution in [0.5, 0.6) is 17.2 Å². The standard InChI is InChI=1S/C27H27N3O4/c1-32-21-10-12-22(13-11-21)34-15-14-29-25-9-4-3-8-24(25)28-27(29)19-16-26(31)30(18-19)20-6-5-7-23(17-20)33-2/h3-13,17,19H,14-16,18H2,1-2H3/t19-/m0/s1. The molecule has 174 valence electrons. The number of carbonyl (C=O) groups excluding carboxylic acids is 1. The van der Waals surface area contributed by atoms with Crippen LogP contribution >= 0.6 is 0 Å². The van der Waals surface area contributed by atoms with Crippen molar-refractivity contribution in [3.63, 3.8) is 0 Å². The minimum atomic E-state index is -0.00733. The molecule has 1 amide bonds. The topological polar surface area (TPSA) is 65.8 Å². The molecular formula is C27H27N3O4. The van der Waals surface area contributed by atoms with Gasteiger partial charge in [0.05, 0.1) is 31.8 Å². The molecule has 0 spiro atoms. The lowest BCUT2D eigenvalue weighted by molar-refractivity contribution is -0.117. The first-order valence-corrected chi connectivity index (χ1v) is 11.3. The molecule has 0 bridgehead atoms. The Morgan fingerprint density at radius 3 is 2.47 bits per heavy atom. The molecule has 34 heavy (non-hydrogen) atoms. The van der Waals surface area contributed by atoms with E-state index in [4.69, 9.17) is 19.2 Å². The smallest absolute Gasteiger partial charge is 0.227 e. The summed E-state index contributed by atoms with van der Waals surface area (Å²) in [7, 11) is 3.27. The second-order valence-corrected chi connectivity index (χ2v) is 8.24. The molecule has 5 rings (SSSR count). The van der Waals surface area contributed by atoms with Crippen LogP contribution < -0.4 is 19.1 Å². The van der Waals surface area contributed by atoms with Gasteiger partial charge in [0.15, 0.2) is 0 Å². The molecule has 0 N–H and O–H groups in total. The number of nitrogens with zero attached hydrogens (tertiary/aromatic N) is 3. The van der Waals surface area contributed by atoms with Gasteiger partial charge in [0.2, 0.25) is 5.91 Å². The predicted octanol–water partition coefficient (Wildman–Crippen LogP) is 4.65. The highest BCUT2D eigenvalue weighted by Gasteiger charge is 2.35. The number of hydrogen-bond donors (Lipinski definition) is 0. The summed E-state index contributed by atoms with van der Waals surface area (Å²) in [6.07, 6.45) is 0.417. The zero-order valence-corrected chi connectivity index (χ0v) is 19.3. The third-order valence-electron chi connectivity index (χ3n) is 6.18. The number of ether oxygens (including phenoxy) is 3. The van der Waals surface area contributed by atoms with Crippen molar-refractivity contribution in [2.24, 2.45) is 0 Å². The second kappa shape index (κ2) is 9.47. The maximum absolute atomic E-state index is 12.9. The third kappa shape index (κ3) is 4.29. The van der Waals surface area contributed by atoms with Crippen LogP contribution in [0.4, 0.5) is 5.69 Å². The molecule has 1 saturated heterocycles. The van der Waals surface area contributed by atoms with E-state index >= 15 is 0 Å². The Morgan fingerprint density at radius 1 is 0.912 bits per heavy atom. The number of para-hydroxylation sites is 2. The molecule has 1 fully saturated rings. The van der Waals surface area contributed by atoms with Crippen molar-refractivity contribution in [2.45, 2.75) is 18.9 Å². The summed E-state index contributed by atoms with van der Waals surface area (Å²) < 4.78 is 18.7. The number of hydrogen-bond acceptors (Lipinski definition) is 5. The number of anilines is 1. The molecular weight excluding hydrogens is 430 g/mol. The van der Waals surface area contributed by atoms with Crippen molar-refractivity contribution < 1.29 is 19.0 Å². The molecule has 1 aliphatic heterocycles. The highest BCUT2D eigenvalue weighted by atomic mass is 16.5. The van der Waals surface area contributed by atoms with Crippen LogP contribution in [-0.2, 0) is 11.3 Å². The maximum atomic E-state index is 12.9. The van der Waals surface area contributed by atoms with Crippen LogP contribution in [0.2, 0.25) is 0 Å². The van der Waals surface area contributed by atoms with Gasteiger partial charge in [-0.15, -0.1) is 0 Å². The predicted molar refractivity (Wildman–Crippen MR) is 131 cm³/mol. The summed E-state index contributed by atoms with van der Waals surface area (Å²) in [6.45, 7) is 1.69. The molecule has 7 heteroatoms. The zero-order valence-electron chi connectivity index (χ0n) is 19.3. The number of aromatic nitrogens is 2. The van der Waals surface area contributed by atoms with Crippen LogP contribution in [0.3, 0.4) is 0 Å². The Kier molecular flexibility index (Phi) is 6.08. The first-order valence-electron chi connectivity index (χ1n) is 11.3. The molecule has 2 heterocycles. The number of methoxy groups -OCH3 is 2. The van der Waals surface area contributed by atoms with Crippen molar-refractivity contribution in [1.29, 1.82) is 0 Å². The van der Waals surface area contributed by atoms with Crippen molar-refractivity contribution >= 4 is 22.6 Å². The molecule has 1 aromatic heterocycles. The van der Waals surface area contributed by atoms with E-state index in [1.807, 2.05) is 71.6 Å². The van der Waals surface area contributed by atoms with Gasteiger partial charge in [0.1, 0.15) is 29.7 Å². The van der Waals surface area contributed by atoms with Crippen LogP contribution in [0, 0.1) is 0 Å². The number of rotatable bonds is 8. The van der Waals surface area contributed by atoms with E-state index in [9.17, 15) is 4.79 Å². The van der Waals surface area contributed by atoms with Gasteiger partial charge in [-0.05, 0) is 48.5 Å². The van der Waals surface area contributed by atoms with Gasteiger partial charge in [-0.3, -0.25) is 4.79 Å². The summed E-state index contributed by atoms with van der Waals surface area (Å²) >= 11 is 0.